The summed E-state index contributed by atoms with van der Waals surface area (Å²) in [6.45, 7) is 7.88. The third-order valence-corrected chi connectivity index (χ3v) is 3.70. The van der Waals surface area contributed by atoms with Gasteiger partial charge in [-0.1, -0.05) is 0 Å². The number of aromatic nitrogens is 4. The standard InChI is InChI=1S/C15H25ClN4O/c1-11(2)21-10-6-5-9-20-13(7-8-16)17-14-12(3)18-19(4)15(14)20/h11H,5-10H2,1-4H3. The lowest BCUT2D eigenvalue weighted by Crippen LogP contribution is -2.10. The van der Waals surface area contributed by atoms with Gasteiger partial charge in [0.25, 0.3) is 0 Å². The van der Waals surface area contributed by atoms with Crippen LogP contribution in [0.5, 0.6) is 0 Å². The fraction of sp³-hybridized carbons (Fsp3) is 0.733. The fourth-order valence-corrected chi connectivity index (χ4v) is 2.75. The van der Waals surface area contributed by atoms with Crippen LogP contribution in [0.25, 0.3) is 11.2 Å². The first-order chi connectivity index (χ1) is 10.0. The van der Waals surface area contributed by atoms with E-state index < -0.39 is 0 Å². The molecule has 0 fully saturated rings. The third-order valence-electron chi connectivity index (χ3n) is 3.51. The Hall–Kier alpha value is -1.07. The second kappa shape index (κ2) is 7.27. The molecule has 2 heterocycles. The van der Waals surface area contributed by atoms with Crippen molar-refractivity contribution in [3.05, 3.63) is 11.5 Å². The fourth-order valence-electron chi connectivity index (χ4n) is 2.58. The molecule has 0 amide bonds. The summed E-state index contributed by atoms with van der Waals surface area (Å²) < 4.78 is 9.76. The zero-order valence-corrected chi connectivity index (χ0v) is 14.2. The van der Waals surface area contributed by atoms with E-state index in [2.05, 4.69) is 23.5 Å². The quantitative estimate of drug-likeness (QED) is 0.556. The number of halogens is 1. The Kier molecular flexibility index (Phi) is 5.65. The van der Waals surface area contributed by atoms with E-state index in [1.54, 1.807) is 0 Å². The molecule has 118 valence electrons. The summed E-state index contributed by atoms with van der Waals surface area (Å²) >= 11 is 5.91. The highest BCUT2D eigenvalue weighted by Crippen LogP contribution is 2.20. The van der Waals surface area contributed by atoms with E-state index >= 15 is 0 Å². The van der Waals surface area contributed by atoms with E-state index in [9.17, 15) is 0 Å². The number of aryl methyl sites for hydroxylation is 4. The summed E-state index contributed by atoms with van der Waals surface area (Å²) in [7, 11) is 1.97. The van der Waals surface area contributed by atoms with Crippen molar-refractivity contribution in [1.29, 1.82) is 0 Å². The molecule has 0 saturated heterocycles. The summed E-state index contributed by atoms with van der Waals surface area (Å²) in [4.78, 5) is 4.71. The first-order valence-corrected chi connectivity index (χ1v) is 8.14. The summed E-state index contributed by atoms with van der Waals surface area (Å²) in [5, 5.41) is 4.46. The van der Waals surface area contributed by atoms with Crippen molar-refractivity contribution < 1.29 is 4.74 Å². The topological polar surface area (TPSA) is 44.9 Å². The number of imidazole rings is 1. The van der Waals surface area contributed by atoms with E-state index in [4.69, 9.17) is 21.3 Å². The van der Waals surface area contributed by atoms with Crippen molar-refractivity contribution in [1.82, 2.24) is 19.3 Å². The van der Waals surface area contributed by atoms with Gasteiger partial charge in [-0.15, -0.1) is 11.6 Å². The lowest BCUT2D eigenvalue weighted by atomic mass is 10.3. The van der Waals surface area contributed by atoms with Gasteiger partial charge < -0.3 is 9.30 Å². The molecular formula is C15H25ClN4O. The number of nitrogens with zero attached hydrogens (tertiary/aromatic N) is 4. The van der Waals surface area contributed by atoms with Crippen molar-refractivity contribution in [2.75, 3.05) is 12.5 Å². The van der Waals surface area contributed by atoms with E-state index in [0.29, 0.717) is 12.0 Å². The molecule has 5 nitrogen and oxygen atoms in total. The number of rotatable bonds is 8. The molecule has 6 heteroatoms. The zero-order chi connectivity index (χ0) is 15.4. The lowest BCUT2D eigenvalue weighted by Gasteiger charge is -2.10. The average Bonchev–Trinajstić information content (AvgIpc) is 2.89. The van der Waals surface area contributed by atoms with Crippen LogP contribution in [0.3, 0.4) is 0 Å². The third kappa shape index (κ3) is 3.77. The van der Waals surface area contributed by atoms with Crippen LogP contribution in [0.2, 0.25) is 0 Å². The van der Waals surface area contributed by atoms with Crippen molar-refractivity contribution in [3.63, 3.8) is 0 Å². The Labute approximate surface area is 131 Å². The SMILES string of the molecule is Cc1nn(C)c2c1nc(CCCl)n2CCCCOC(C)C. The van der Waals surface area contributed by atoms with Crippen LogP contribution >= 0.6 is 11.6 Å². The summed E-state index contributed by atoms with van der Waals surface area (Å²) in [6.07, 6.45) is 3.21. The minimum Gasteiger partial charge on any atom is -0.379 e. The van der Waals surface area contributed by atoms with Crippen molar-refractivity contribution in [2.24, 2.45) is 7.05 Å². The van der Waals surface area contributed by atoms with Crippen LogP contribution in [0.15, 0.2) is 0 Å². The van der Waals surface area contributed by atoms with Gasteiger partial charge in [0.2, 0.25) is 0 Å². The maximum absolute atomic E-state index is 5.91. The van der Waals surface area contributed by atoms with Crippen LogP contribution < -0.4 is 0 Å². The largest absolute Gasteiger partial charge is 0.379 e. The van der Waals surface area contributed by atoms with E-state index in [-0.39, 0.29) is 0 Å². The number of hydrogen-bond acceptors (Lipinski definition) is 3. The Morgan fingerprint density at radius 1 is 1.29 bits per heavy atom. The minimum atomic E-state index is 0.302. The van der Waals surface area contributed by atoms with Crippen LogP contribution in [0.1, 0.15) is 38.2 Å². The van der Waals surface area contributed by atoms with Crippen molar-refractivity contribution in [3.8, 4) is 0 Å². The van der Waals surface area contributed by atoms with Gasteiger partial charge in [-0.25, -0.2) is 4.98 Å². The Balaban J connectivity index is 2.10. The molecule has 0 bridgehead atoms. The number of ether oxygens (including phenoxy) is 1. The molecular weight excluding hydrogens is 288 g/mol. The van der Waals surface area contributed by atoms with Gasteiger partial charge in [-0.2, -0.15) is 5.10 Å². The Bertz CT molecular complexity index is 588. The van der Waals surface area contributed by atoms with E-state index in [1.165, 1.54) is 0 Å². The predicted octanol–water partition coefficient (Wildman–Crippen LogP) is 3.06. The zero-order valence-electron chi connectivity index (χ0n) is 13.4. The summed E-state index contributed by atoms with van der Waals surface area (Å²) in [5.41, 5.74) is 3.07. The van der Waals surface area contributed by atoms with Gasteiger partial charge in [0, 0.05) is 32.5 Å². The molecule has 0 saturated carbocycles. The van der Waals surface area contributed by atoms with Crippen LogP contribution in [0, 0.1) is 6.92 Å². The molecule has 0 unspecified atom stereocenters. The Morgan fingerprint density at radius 3 is 2.71 bits per heavy atom. The molecule has 0 aliphatic heterocycles. The molecule has 2 aromatic heterocycles. The first-order valence-electron chi connectivity index (χ1n) is 7.60. The van der Waals surface area contributed by atoms with E-state index in [1.807, 2.05) is 18.7 Å². The molecule has 2 aromatic rings. The highest BCUT2D eigenvalue weighted by molar-refractivity contribution is 6.17. The monoisotopic (exact) mass is 312 g/mol. The number of hydrogen-bond donors (Lipinski definition) is 0. The normalized spacial score (nSPS) is 11.9. The first kappa shape index (κ1) is 16.3. The number of unbranched alkanes of at least 4 members (excludes halogenated alkanes) is 1. The smallest absolute Gasteiger partial charge is 0.158 e. The van der Waals surface area contributed by atoms with Crippen LogP contribution in [0.4, 0.5) is 0 Å². The van der Waals surface area contributed by atoms with Gasteiger partial charge in [-0.05, 0) is 33.6 Å². The van der Waals surface area contributed by atoms with Gasteiger partial charge in [0.05, 0.1) is 11.8 Å². The summed E-state index contributed by atoms with van der Waals surface area (Å²) in [6, 6.07) is 0. The molecule has 0 atom stereocenters. The van der Waals surface area contributed by atoms with Gasteiger partial charge in [0.15, 0.2) is 5.65 Å². The molecule has 2 rings (SSSR count). The Morgan fingerprint density at radius 2 is 2.05 bits per heavy atom. The molecule has 0 aliphatic rings. The summed E-state index contributed by atoms with van der Waals surface area (Å²) in [5.74, 6) is 1.65. The van der Waals surface area contributed by atoms with Crippen molar-refractivity contribution >= 4 is 22.8 Å². The van der Waals surface area contributed by atoms with Gasteiger partial charge >= 0.3 is 0 Å². The molecule has 21 heavy (non-hydrogen) atoms. The molecule has 0 radical (unpaired) electrons. The van der Waals surface area contributed by atoms with Crippen LogP contribution in [-0.4, -0.2) is 37.9 Å². The maximum Gasteiger partial charge on any atom is 0.158 e. The van der Waals surface area contributed by atoms with Gasteiger partial charge in [0.1, 0.15) is 11.3 Å². The average molecular weight is 313 g/mol. The molecule has 0 aromatic carbocycles. The molecule has 0 aliphatic carbocycles. The molecule has 0 N–H and O–H groups in total. The highest BCUT2D eigenvalue weighted by atomic mass is 35.5. The van der Waals surface area contributed by atoms with Crippen molar-refractivity contribution in [2.45, 2.75) is 52.7 Å². The minimum absolute atomic E-state index is 0.302. The predicted molar refractivity (Wildman–Crippen MR) is 86.0 cm³/mol. The highest BCUT2D eigenvalue weighted by Gasteiger charge is 2.16. The number of alkyl halides is 1. The maximum atomic E-state index is 5.91. The van der Waals surface area contributed by atoms with Gasteiger partial charge in [-0.3, -0.25) is 4.68 Å². The molecule has 0 spiro atoms. The van der Waals surface area contributed by atoms with Crippen LogP contribution in [-0.2, 0) is 24.8 Å². The number of fused-ring (bicyclic) bond motifs is 1. The van der Waals surface area contributed by atoms with E-state index in [0.717, 1.165) is 55.1 Å². The second-order valence-corrected chi connectivity index (χ2v) is 6.00. The second-order valence-electron chi connectivity index (χ2n) is 5.63. The lowest BCUT2D eigenvalue weighted by molar-refractivity contribution is 0.0754.